The smallest absolute Gasteiger partial charge is 0.407 e. The second-order valence-corrected chi connectivity index (χ2v) is 5.28. The van der Waals surface area contributed by atoms with Crippen molar-refractivity contribution in [1.29, 1.82) is 0 Å². The summed E-state index contributed by atoms with van der Waals surface area (Å²) < 4.78 is 4.61. The minimum absolute atomic E-state index is 0.194. The van der Waals surface area contributed by atoms with E-state index in [9.17, 15) is 14.4 Å². The molecule has 2 unspecified atom stereocenters. The fraction of sp³-hybridized carbons (Fsp3) is 0.438. The van der Waals surface area contributed by atoms with Crippen LogP contribution in [0.1, 0.15) is 24.4 Å². The van der Waals surface area contributed by atoms with Gasteiger partial charge < -0.3 is 20.3 Å². The van der Waals surface area contributed by atoms with Gasteiger partial charge in [-0.25, -0.2) is 4.79 Å². The Balaban J connectivity index is 2.25. The number of hydrogen-bond acceptors (Lipinski definition) is 4. The maximum atomic E-state index is 12.9. The van der Waals surface area contributed by atoms with Gasteiger partial charge in [-0.2, -0.15) is 0 Å². The molecule has 2 rings (SSSR count). The van der Waals surface area contributed by atoms with Gasteiger partial charge in [0.05, 0.1) is 7.11 Å². The first-order chi connectivity index (χ1) is 11.1. The van der Waals surface area contributed by atoms with Crippen LogP contribution in [0.15, 0.2) is 30.3 Å². The van der Waals surface area contributed by atoms with E-state index in [1.807, 2.05) is 6.07 Å². The Morgan fingerprint density at radius 3 is 2.57 bits per heavy atom. The number of ether oxygens (including phenoxy) is 1. The molecule has 0 aliphatic carbocycles. The Labute approximate surface area is 135 Å². The van der Waals surface area contributed by atoms with E-state index in [1.54, 1.807) is 31.3 Å². The zero-order valence-electron chi connectivity index (χ0n) is 13.2. The number of methoxy groups -OCH3 is 1. The fourth-order valence-corrected chi connectivity index (χ4v) is 2.75. The molecule has 2 N–H and O–H groups in total. The van der Waals surface area contributed by atoms with Crippen molar-refractivity contribution in [2.24, 2.45) is 0 Å². The molecular weight excluding hydrogens is 298 g/mol. The molecule has 7 nitrogen and oxygen atoms in total. The molecule has 1 aliphatic heterocycles. The summed E-state index contributed by atoms with van der Waals surface area (Å²) in [6.07, 6.45) is 0.678. The number of likely N-dealkylation sites (tertiary alicyclic amines) is 1. The van der Waals surface area contributed by atoms with E-state index in [1.165, 1.54) is 12.0 Å². The predicted molar refractivity (Wildman–Crippen MR) is 83.5 cm³/mol. The third-order valence-electron chi connectivity index (χ3n) is 3.91. The summed E-state index contributed by atoms with van der Waals surface area (Å²) in [6.45, 7) is 0.489. The molecule has 124 valence electrons. The molecule has 1 aromatic carbocycles. The first-order valence-electron chi connectivity index (χ1n) is 7.50. The van der Waals surface area contributed by atoms with Crippen LogP contribution in [0.4, 0.5) is 4.79 Å². The Morgan fingerprint density at radius 2 is 1.96 bits per heavy atom. The molecule has 1 fully saturated rings. The Hall–Kier alpha value is -2.57. The minimum Gasteiger partial charge on any atom is -0.453 e. The number of hydrogen-bond donors (Lipinski definition) is 2. The predicted octanol–water partition coefficient (Wildman–Crippen LogP) is 0.821. The Kier molecular flexibility index (Phi) is 5.56. The monoisotopic (exact) mass is 319 g/mol. The number of carbonyl (C=O) groups excluding carboxylic acids is 3. The zero-order chi connectivity index (χ0) is 16.8. The summed E-state index contributed by atoms with van der Waals surface area (Å²) >= 11 is 0. The molecule has 0 spiro atoms. The van der Waals surface area contributed by atoms with Gasteiger partial charge in [-0.3, -0.25) is 9.59 Å². The summed E-state index contributed by atoms with van der Waals surface area (Å²) in [7, 11) is 2.79. The number of nitrogens with one attached hydrogen (secondary N) is 2. The quantitative estimate of drug-likeness (QED) is 0.860. The van der Waals surface area contributed by atoms with Crippen molar-refractivity contribution in [3.05, 3.63) is 35.9 Å². The van der Waals surface area contributed by atoms with Crippen LogP contribution in [0.5, 0.6) is 0 Å². The molecule has 3 amide bonds. The molecule has 1 saturated heterocycles. The van der Waals surface area contributed by atoms with Crippen LogP contribution >= 0.6 is 0 Å². The lowest BCUT2D eigenvalue weighted by atomic mass is 10.1. The maximum absolute atomic E-state index is 12.9. The van der Waals surface area contributed by atoms with Crippen LogP contribution in [-0.4, -0.2) is 49.6 Å². The average molecular weight is 319 g/mol. The Bertz CT molecular complexity index is 576. The van der Waals surface area contributed by atoms with Crippen molar-refractivity contribution in [3.63, 3.8) is 0 Å². The summed E-state index contributed by atoms with van der Waals surface area (Å²) in [5.74, 6) is -0.506. The molecule has 0 bridgehead atoms. The van der Waals surface area contributed by atoms with E-state index < -0.39 is 18.2 Å². The average Bonchev–Trinajstić information content (AvgIpc) is 3.08. The molecule has 0 saturated carbocycles. The number of nitrogens with zero attached hydrogens (tertiary/aromatic N) is 1. The van der Waals surface area contributed by atoms with Gasteiger partial charge in [0.25, 0.3) is 5.91 Å². The molecule has 0 radical (unpaired) electrons. The summed E-state index contributed by atoms with van der Waals surface area (Å²) in [5.41, 5.74) is 0.644. The summed E-state index contributed by atoms with van der Waals surface area (Å²) in [4.78, 5) is 38.0. The number of carbonyl (C=O) groups is 3. The van der Waals surface area contributed by atoms with E-state index in [-0.39, 0.29) is 11.8 Å². The lowest BCUT2D eigenvalue weighted by molar-refractivity contribution is -0.139. The minimum atomic E-state index is -0.881. The van der Waals surface area contributed by atoms with E-state index in [0.29, 0.717) is 18.5 Å². The van der Waals surface area contributed by atoms with E-state index in [0.717, 1.165) is 6.42 Å². The molecule has 7 heteroatoms. The van der Waals surface area contributed by atoms with Gasteiger partial charge in [0.15, 0.2) is 0 Å². The number of rotatable bonds is 4. The largest absolute Gasteiger partial charge is 0.453 e. The molecular formula is C16H21N3O4. The topological polar surface area (TPSA) is 87.7 Å². The molecule has 1 heterocycles. The van der Waals surface area contributed by atoms with Gasteiger partial charge in [-0.05, 0) is 18.4 Å². The van der Waals surface area contributed by atoms with Crippen LogP contribution in [0.3, 0.4) is 0 Å². The standard InChI is InChI=1S/C16H21N3O4/c1-17-14(20)12-9-6-10-19(12)15(21)13(18-16(22)23-2)11-7-4-3-5-8-11/h3-5,7-8,12-13H,6,9-10H2,1-2H3,(H,17,20)(H,18,22). The SMILES string of the molecule is CNC(=O)C1CCCN1C(=O)C(NC(=O)OC)c1ccccc1. The van der Waals surface area contributed by atoms with Crippen molar-refractivity contribution < 1.29 is 19.1 Å². The maximum Gasteiger partial charge on any atom is 0.407 e. The Morgan fingerprint density at radius 1 is 1.26 bits per heavy atom. The second-order valence-electron chi connectivity index (χ2n) is 5.28. The lowest BCUT2D eigenvalue weighted by Crippen LogP contribution is -2.49. The third kappa shape index (κ3) is 3.80. The highest BCUT2D eigenvalue weighted by Gasteiger charge is 2.37. The van der Waals surface area contributed by atoms with Gasteiger partial charge in [0.1, 0.15) is 12.1 Å². The highest BCUT2D eigenvalue weighted by atomic mass is 16.5. The lowest BCUT2D eigenvalue weighted by Gasteiger charge is -2.28. The van der Waals surface area contributed by atoms with Gasteiger partial charge in [-0.15, -0.1) is 0 Å². The van der Waals surface area contributed by atoms with Crippen molar-refractivity contribution >= 4 is 17.9 Å². The fourth-order valence-electron chi connectivity index (χ4n) is 2.75. The van der Waals surface area contributed by atoms with Crippen LogP contribution in [0.2, 0.25) is 0 Å². The molecule has 2 atom stereocenters. The van der Waals surface area contributed by atoms with Crippen molar-refractivity contribution in [2.75, 3.05) is 20.7 Å². The first kappa shape index (κ1) is 16.8. The van der Waals surface area contributed by atoms with Gasteiger partial charge in [0.2, 0.25) is 5.91 Å². The first-order valence-corrected chi connectivity index (χ1v) is 7.50. The zero-order valence-corrected chi connectivity index (χ0v) is 13.2. The van der Waals surface area contributed by atoms with E-state index >= 15 is 0 Å². The van der Waals surface area contributed by atoms with Crippen LogP contribution < -0.4 is 10.6 Å². The summed E-state index contributed by atoms with van der Waals surface area (Å²) in [6, 6.07) is 7.52. The number of benzene rings is 1. The third-order valence-corrected chi connectivity index (χ3v) is 3.91. The molecule has 23 heavy (non-hydrogen) atoms. The second kappa shape index (κ2) is 7.62. The molecule has 1 aliphatic rings. The number of amides is 3. The van der Waals surface area contributed by atoms with Gasteiger partial charge >= 0.3 is 6.09 Å². The van der Waals surface area contributed by atoms with Gasteiger partial charge in [-0.1, -0.05) is 30.3 Å². The summed E-state index contributed by atoms with van der Waals surface area (Å²) in [5, 5.41) is 5.13. The van der Waals surface area contributed by atoms with Crippen molar-refractivity contribution in [3.8, 4) is 0 Å². The molecule has 0 aromatic heterocycles. The highest BCUT2D eigenvalue weighted by molar-refractivity contribution is 5.92. The van der Waals surface area contributed by atoms with Gasteiger partial charge in [0, 0.05) is 13.6 Å². The number of likely N-dealkylation sites (N-methyl/N-ethyl adjacent to an activating group) is 1. The van der Waals surface area contributed by atoms with E-state index in [4.69, 9.17) is 0 Å². The van der Waals surface area contributed by atoms with E-state index in [2.05, 4.69) is 15.4 Å². The molecule has 1 aromatic rings. The highest BCUT2D eigenvalue weighted by Crippen LogP contribution is 2.23. The van der Waals surface area contributed by atoms with Crippen LogP contribution in [-0.2, 0) is 14.3 Å². The normalized spacial score (nSPS) is 18.2. The van der Waals surface area contributed by atoms with Crippen molar-refractivity contribution in [1.82, 2.24) is 15.5 Å². The number of alkyl carbamates (subject to hydrolysis) is 1. The van der Waals surface area contributed by atoms with Crippen LogP contribution in [0, 0.1) is 0 Å². The van der Waals surface area contributed by atoms with Crippen molar-refractivity contribution in [2.45, 2.75) is 24.9 Å². The van der Waals surface area contributed by atoms with Crippen LogP contribution in [0.25, 0.3) is 0 Å².